The molecule has 0 fully saturated rings. The van der Waals surface area contributed by atoms with Crippen molar-refractivity contribution in [3.8, 4) is 0 Å². The van der Waals surface area contributed by atoms with Crippen LogP contribution in [-0.4, -0.2) is 45.8 Å². The summed E-state index contributed by atoms with van der Waals surface area (Å²) < 4.78 is 1.36. The fourth-order valence-corrected chi connectivity index (χ4v) is 3.25. The van der Waals surface area contributed by atoms with Crippen LogP contribution in [0.3, 0.4) is 0 Å². The van der Waals surface area contributed by atoms with Crippen molar-refractivity contribution in [1.82, 2.24) is 19.7 Å². The summed E-state index contributed by atoms with van der Waals surface area (Å²) in [5.74, 6) is 0.910. The number of rotatable bonds is 4. The second-order valence-electron chi connectivity index (χ2n) is 6.87. The van der Waals surface area contributed by atoms with Gasteiger partial charge < -0.3 is 4.90 Å². The Morgan fingerprint density at radius 1 is 1.04 bits per heavy atom. The normalized spacial score (nSPS) is 13.6. The lowest BCUT2D eigenvalue weighted by Crippen LogP contribution is -2.44. The minimum absolute atomic E-state index is 0.199. The van der Waals surface area contributed by atoms with Gasteiger partial charge in [-0.05, 0) is 24.6 Å². The third-order valence-corrected chi connectivity index (χ3v) is 4.87. The van der Waals surface area contributed by atoms with E-state index in [4.69, 9.17) is 0 Å². The van der Waals surface area contributed by atoms with Crippen molar-refractivity contribution in [3.63, 3.8) is 0 Å². The minimum Gasteiger partial charge on any atom is -0.355 e. The SMILES string of the molecule is CCCCn1nc(C(=O)N2CCN(C)c3nc4ccccc4nc32)ccc1=O. The Hall–Kier alpha value is -3.29. The molecule has 28 heavy (non-hydrogen) atoms. The Kier molecular flexibility index (Phi) is 4.77. The van der Waals surface area contributed by atoms with Gasteiger partial charge in [-0.15, -0.1) is 0 Å². The Morgan fingerprint density at radius 3 is 2.46 bits per heavy atom. The number of carbonyl (C=O) groups excluding carboxylic acids is 1. The first-order valence-corrected chi connectivity index (χ1v) is 9.46. The van der Waals surface area contributed by atoms with Crippen LogP contribution >= 0.6 is 0 Å². The predicted octanol–water partition coefficient (Wildman–Crippen LogP) is 2.08. The van der Waals surface area contributed by atoms with Crippen molar-refractivity contribution in [2.45, 2.75) is 26.3 Å². The number of nitrogens with zero attached hydrogens (tertiary/aromatic N) is 6. The summed E-state index contributed by atoms with van der Waals surface area (Å²) in [4.78, 5) is 38.2. The molecule has 1 amide bonds. The summed E-state index contributed by atoms with van der Waals surface area (Å²) in [5.41, 5.74) is 1.56. The van der Waals surface area contributed by atoms with E-state index in [1.807, 2.05) is 43.1 Å². The molecule has 0 bridgehead atoms. The van der Waals surface area contributed by atoms with E-state index in [2.05, 4.69) is 15.1 Å². The maximum Gasteiger partial charge on any atom is 0.280 e. The van der Waals surface area contributed by atoms with Gasteiger partial charge in [0, 0.05) is 32.7 Å². The van der Waals surface area contributed by atoms with Crippen LogP contribution in [0.15, 0.2) is 41.2 Å². The van der Waals surface area contributed by atoms with Crippen molar-refractivity contribution < 1.29 is 4.79 Å². The van der Waals surface area contributed by atoms with E-state index in [1.54, 1.807) is 4.90 Å². The van der Waals surface area contributed by atoms with E-state index in [9.17, 15) is 9.59 Å². The number of aromatic nitrogens is 4. The van der Waals surface area contributed by atoms with Crippen molar-refractivity contribution in [1.29, 1.82) is 0 Å². The topological polar surface area (TPSA) is 84.2 Å². The molecule has 4 rings (SSSR count). The van der Waals surface area contributed by atoms with E-state index < -0.39 is 0 Å². The van der Waals surface area contributed by atoms with Crippen LogP contribution in [0.5, 0.6) is 0 Å². The minimum atomic E-state index is -0.274. The number of hydrogen-bond acceptors (Lipinski definition) is 6. The summed E-state index contributed by atoms with van der Waals surface area (Å²) >= 11 is 0. The molecule has 1 aliphatic heterocycles. The predicted molar refractivity (Wildman–Crippen MR) is 108 cm³/mol. The first kappa shape index (κ1) is 18.1. The maximum absolute atomic E-state index is 13.2. The van der Waals surface area contributed by atoms with E-state index in [0.29, 0.717) is 31.3 Å². The highest BCUT2D eigenvalue weighted by Crippen LogP contribution is 2.31. The zero-order valence-electron chi connectivity index (χ0n) is 16.0. The molecule has 0 saturated carbocycles. The summed E-state index contributed by atoms with van der Waals surface area (Å²) in [6.07, 6.45) is 1.78. The molecule has 0 aliphatic carbocycles. The fraction of sp³-hybridized carbons (Fsp3) is 0.350. The zero-order valence-corrected chi connectivity index (χ0v) is 16.0. The van der Waals surface area contributed by atoms with Gasteiger partial charge in [-0.3, -0.25) is 14.5 Å². The van der Waals surface area contributed by atoms with Crippen LogP contribution in [0.25, 0.3) is 11.0 Å². The molecule has 0 spiro atoms. The van der Waals surface area contributed by atoms with Crippen LogP contribution in [0.4, 0.5) is 11.6 Å². The largest absolute Gasteiger partial charge is 0.355 e. The van der Waals surface area contributed by atoms with Gasteiger partial charge in [-0.25, -0.2) is 14.6 Å². The lowest BCUT2D eigenvalue weighted by molar-refractivity contribution is 0.0978. The Morgan fingerprint density at radius 2 is 1.75 bits per heavy atom. The average molecular weight is 378 g/mol. The van der Waals surface area contributed by atoms with E-state index in [-0.39, 0.29) is 17.2 Å². The molecular weight excluding hydrogens is 356 g/mol. The quantitative estimate of drug-likeness (QED) is 0.691. The Bertz CT molecular complexity index is 1090. The highest BCUT2D eigenvalue weighted by molar-refractivity contribution is 6.06. The van der Waals surface area contributed by atoms with Gasteiger partial charge in [0.2, 0.25) is 0 Å². The monoisotopic (exact) mass is 378 g/mol. The number of amides is 1. The number of anilines is 2. The molecule has 1 aliphatic rings. The molecule has 1 aromatic carbocycles. The van der Waals surface area contributed by atoms with Crippen LogP contribution in [-0.2, 0) is 6.54 Å². The molecule has 0 atom stereocenters. The van der Waals surface area contributed by atoms with Crippen LogP contribution in [0.1, 0.15) is 30.3 Å². The van der Waals surface area contributed by atoms with Gasteiger partial charge in [0.15, 0.2) is 11.6 Å². The third kappa shape index (κ3) is 3.21. The molecule has 3 heterocycles. The second-order valence-corrected chi connectivity index (χ2v) is 6.87. The number of fused-ring (bicyclic) bond motifs is 2. The van der Waals surface area contributed by atoms with Gasteiger partial charge in [0.1, 0.15) is 5.69 Å². The lowest BCUT2D eigenvalue weighted by Gasteiger charge is -2.33. The van der Waals surface area contributed by atoms with E-state index in [1.165, 1.54) is 16.8 Å². The number of carbonyl (C=O) groups is 1. The number of unbranched alkanes of at least 4 members (excludes halogenated alkanes) is 1. The van der Waals surface area contributed by atoms with Gasteiger partial charge in [0.05, 0.1) is 11.0 Å². The van der Waals surface area contributed by atoms with Crippen molar-refractivity contribution in [2.75, 3.05) is 29.9 Å². The standard InChI is InChI=1S/C20H22N6O2/c1-3-4-11-26-17(27)10-9-16(23-26)20(28)25-13-12-24(2)18-19(25)22-15-8-6-5-7-14(15)21-18/h5-10H,3-4,11-13H2,1-2H3. The molecule has 2 aromatic heterocycles. The molecular formula is C20H22N6O2. The lowest BCUT2D eigenvalue weighted by atomic mass is 10.2. The molecule has 0 N–H and O–H groups in total. The Balaban J connectivity index is 1.74. The van der Waals surface area contributed by atoms with Crippen molar-refractivity contribution >= 4 is 28.6 Å². The third-order valence-electron chi connectivity index (χ3n) is 4.87. The molecule has 8 nitrogen and oxygen atoms in total. The highest BCUT2D eigenvalue weighted by Gasteiger charge is 2.30. The molecule has 0 radical (unpaired) electrons. The van der Waals surface area contributed by atoms with Gasteiger partial charge >= 0.3 is 0 Å². The van der Waals surface area contributed by atoms with Gasteiger partial charge in [-0.2, -0.15) is 5.10 Å². The highest BCUT2D eigenvalue weighted by atomic mass is 16.2. The molecule has 3 aromatic rings. The Labute approximate surface area is 162 Å². The number of para-hydroxylation sites is 2. The molecule has 0 saturated heterocycles. The van der Waals surface area contributed by atoms with Crippen molar-refractivity contribution in [2.24, 2.45) is 0 Å². The van der Waals surface area contributed by atoms with E-state index in [0.717, 1.165) is 23.9 Å². The first-order valence-electron chi connectivity index (χ1n) is 9.46. The number of hydrogen-bond donors (Lipinski definition) is 0. The summed E-state index contributed by atoms with van der Waals surface area (Å²) in [6.45, 7) is 3.66. The second kappa shape index (κ2) is 7.38. The van der Waals surface area contributed by atoms with Gasteiger partial charge in [-0.1, -0.05) is 25.5 Å². The van der Waals surface area contributed by atoms with Crippen LogP contribution in [0.2, 0.25) is 0 Å². The molecule has 0 unspecified atom stereocenters. The van der Waals surface area contributed by atoms with Crippen molar-refractivity contribution in [3.05, 3.63) is 52.4 Å². The van der Waals surface area contributed by atoms with Gasteiger partial charge in [0.25, 0.3) is 11.5 Å². The van der Waals surface area contributed by atoms with E-state index >= 15 is 0 Å². The smallest absolute Gasteiger partial charge is 0.280 e. The van der Waals surface area contributed by atoms with Crippen LogP contribution in [0, 0.1) is 0 Å². The maximum atomic E-state index is 13.2. The zero-order chi connectivity index (χ0) is 19.7. The fourth-order valence-electron chi connectivity index (χ4n) is 3.25. The summed E-state index contributed by atoms with van der Waals surface area (Å²) in [5, 5.41) is 4.29. The summed E-state index contributed by atoms with van der Waals surface area (Å²) in [7, 11) is 1.94. The average Bonchev–Trinajstić information content (AvgIpc) is 2.72. The first-order chi connectivity index (χ1) is 13.6. The number of likely N-dealkylation sites (N-methyl/N-ethyl adjacent to an activating group) is 1. The number of aryl methyl sites for hydroxylation is 1. The van der Waals surface area contributed by atoms with Crippen LogP contribution < -0.4 is 15.4 Å². The summed E-state index contributed by atoms with van der Waals surface area (Å²) in [6, 6.07) is 10.5. The molecule has 8 heteroatoms. The number of benzene rings is 1. The molecule has 144 valence electrons.